The fourth-order valence-corrected chi connectivity index (χ4v) is 2.42. The van der Waals surface area contributed by atoms with Crippen molar-refractivity contribution in [2.45, 2.75) is 39.7 Å². The number of hydrogen-bond acceptors (Lipinski definition) is 3. The summed E-state index contributed by atoms with van der Waals surface area (Å²) in [4.78, 5) is 24.5. The number of aryl methyl sites for hydroxylation is 1. The van der Waals surface area contributed by atoms with Crippen molar-refractivity contribution in [3.8, 4) is 0 Å². The number of carboxylic acids is 1. The highest BCUT2D eigenvalue weighted by atomic mass is 32.1. The molecule has 0 saturated carbocycles. The molecule has 2 N–H and O–H groups in total. The van der Waals surface area contributed by atoms with Crippen LogP contribution in [-0.2, 0) is 11.2 Å². The zero-order valence-corrected chi connectivity index (χ0v) is 11.7. The lowest BCUT2D eigenvalue weighted by Gasteiger charge is -2.20. The molecule has 1 heterocycles. The number of thiophene rings is 1. The van der Waals surface area contributed by atoms with Crippen molar-refractivity contribution in [2.24, 2.45) is 5.92 Å². The van der Waals surface area contributed by atoms with Crippen molar-refractivity contribution in [1.82, 2.24) is 5.32 Å². The van der Waals surface area contributed by atoms with E-state index in [4.69, 9.17) is 5.11 Å². The number of rotatable bonds is 6. The molecule has 4 nitrogen and oxygen atoms in total. The molecule has 1 unspecified atom stereocenters. The lowest BCUT2D eigenvalue weighted by Crippen LogP contribution is -2.39. The minimum atomic E-state index is -0.894. The number of amides is 1. The molecule has 1 atom stereocenters. The lowest BCUT2D eigenvalue weighted by molar-refractivity contribution is -0.137. The molecule has 0 saturated heterocycles. The van der Waals surface area contributed by atoms with E-state index in [1.807, 2.05) is 26.8 Å². The Bertz CT molecular complexity index is 426. The molecular weight excluding hydrogens is 250 g/mol. The van der Waals surface area contributed by atoms with Gasteiger partial charge in [0.25, 0.3) is 5.91 Å². The van der Waals surface area contributed by atoms with Gasteiger partial charge in [0.1, 0.15) is 0 Å². The predicted octanol–water partition coefficient (Wildman–Crippen LogP) is 2.54. The summed E-state index contributed by atoms with van der Waals surface area (Å²) in [5.41, 5.74) is 0. The summed E-state index contributed by atoms with van der Waals surface area (Å²) in [6.45, 7) is 5.84. The van der Waals surface area contributed by atoms with Crippen LogP contribution in [0.25, 0.3) is 0 Å². The number of carbonyl (C=O) groups is 2. The Labute approximate surface area is 111 Å². The summed E-state index contributed by atoms with van der Waals surface area (Å²) < 4.78 is 0. The second-order valence-electron chi connectivity index (χ2n) is 4.54. The maximum Gasteiger partial charge on any atom is 0.305 e. The number of carbonyl (C=O) groups excluding carboxylic acids is 1. The SMILES string of the molecule is CCc1ccc(C(=O)NC(CC(=O)O)C(C)C)s1. The van der Waals surface area contributed by atoms with Gasteiger partial charge in [-0.1, -0.05) is 20.8 Å². The standard InChI is InChI=1S/C13H19NO3S/c1-4-9-5-6-11(18-9)13(17)14-10(8(2)3)7-12(15)16/h5-6,8,10H,4,7H2,1-3H3,(H,14,17)(H,15,16). The van der Waals surface area contributed by atoms with Gasteiger partial charge in [-0.05, 0) is 24.5 Å². The summed E-state index contributed by atoms with van der Waals surface area (Å²) in [5.74, 6) is -0.982. The van der Waals surface area contributed by atoms with Gasteiger partial charge in [-0.15, -0.1) is 11.3 Å². The summed E-state index contributed by atoms with van der Waals surface area (Å²) in [6, 6.07) is 3.39. The molecule has 0 bridgehead atoms. The van der Waals surface area contributed by atoms with E-state index in [0.29, 0.717) is 4.88 Å². The Balaban J connectivity index is 2.68. The Hall–Kier alpha value is -1.36. The Morgan fingerprint density at radius 3 is 2.50 bits per heavy atom. The summed E-state index contributed by atoms with van der Waals surface area (Å²) in [7, 11) is 0. The average Bonchev–Trinajstić information content (AvgIpc) is 2.75. The summed E-state index contributed by atoms with van der Waals surface area (Å²) in [5, 5.41) is 11.6. The van der Waals surface area contributed by atoms with E-state index >= 15 is 0 Å². The topological polar surface area (TPSA) is 66.4 Å². The van der Waals surface area contributed by atoms with Crippen molar-refractivity contribution in [2.75, 3.05) is 0 Å². The van der Waals surface area contributed by atoms with Crippen molar-refractivity contribution in [1.29, 1.82) is 0 Å². The maximum atomic E-state index is 12.0. The van der Waals surface area contributed by atoms with Crippen LogP contribution in [0.5, 0.6) is 0 Å². The third kappa shape index (κ3) is 4.14. The van der Waals surface area contributed by atoms with Crippen LogP contribution in [0.2, 0.25) is 0 Å². The first kappa shape index (κ1) is 14.7. The van der Waals surface area contributed by atoms with E-state index < -0.39 is 5.97 Å². The molecule has 1 aromatic heterocycles. The number of nitrogens with one attached hydrogen (secondary N) is 1. The fourth-order valence-electron chi connectivity index (χ4n) is 1.57. The number of hydrogen-bond donors (Lipinski definition) is 2. The molecule has 0 radical (unpaired) electrons. The van der Waals surface area contributed by atoms with Gasteiger partial charge in [0, 0.05) is 10.9 Å². The van der Waals surface area contributed by atoms with Gasteiger partial charge in [0.05, 0.1) is 11.3 Å². The second kappa shape index (κ2) is 6.54. The average molecular weight is 269 g/mol. The van der Waals surface area contributed by atoms with Gasteiger partial charge in [0.2, 0.25) is 0 Å². The Morgan fingerprint density at radius 2 is 2.06 bits per heavy atom. The molecule has 0 spiro atoms. The van der Waals surface area contributed by atoms with Crippen LogP contribution in [0.4, 0.5) is 0 Å². The Morgan fingerprint density at radius 1 is 1.39 bits per heavy atom. The molecule has 100 valence electrons. The minimum absolute atomic E-state index is 0.0462. The van der Waals surface area contributed by atoms with E-state index in [2.05, 4.69) is 5.32 Å². The molecule has 0 fully saturated rings. The van der Waals surface area contributed by atoms with Gasteiger partial charge >= 0.3 is 5.97 Å². The monoisotopic (exact) mass is 269 g/mol. The van der Waals surface area contributed by atoms with Gasteiger partial charge in [-0.3, -0.25) is 9.59 Å². The molecule has 0 aliphatic heterocycles. The fraction of sp³-hybridized carbons (Fsp3) is 0.538. The van der Waals surface area contributed by atoms with Crippen LogP contribution in [0.3, 0.4) is 0 Å². The first-order valence-corrected chi connectivity index (χ1v) is 6.87. The van der Waals surface area contributed by atoms with Crippen LogP contribution in [-0.4, -0.2) is 23.0 Å². The molecule has 1 amide bonds. The summed E-state index contributed by atoms with van der Waals surface area (Å²) in [6.07, 6.45) is 0.857. The molecule has 18 heavy (non-hydrogen) atoms. The van der Waals surface area contributed by atoms with Crippen molar-refractivity contribution in [3.63, 3.8) is 0 Å². The van der Waals surface area contributed by atoms with Crippen LogP contribution in [0, 0.1) is 5.92 Å². The third-order valence-electron chi connectivity index (χ3n) is 2.75. The van der Waals surface area contributed by atoms with Crippen molar-refractivity contribution < 1.29 is 14.7 Å². The predicted molar refractivity (Wildman–Crippen MR) is 72.0 cm³/mol. The minimum Gasteiger partial charge on any atom is -0.481 e. The smallest absolute Gasteiger partial charge is 0.305 e. The van der Waals surface area contributed by atoms with Crippen LogP contribution >= 0.6 is 11.3 Å². The molecule has 5 heteroatoms. The van der Waals surface area contributed by atoms with Crippen LogP contribution in [0.1, 0.15) is 41.7 Å². The Kier molecular flexibility index (Phi) is 5.34. The van der Waals surface area contributed by atoms with E-state index in [1.165, 1.54) is 11.3 Å². The quantitative estimate of drug-likeness (QED) is 0.834. The van der Waals surface area contributed by atoms with Crippen molar-refractivity contribution >= 4 is 23.2 Å². The highest BCUT2D eigenvalue weighted by Gasteiger charge is 2.20. The van der Waals surface area contributed by atoms with Crippen LogP contribution < -0.4 is 5.32 Å². The summed E-state index contributed by atoms with van der Waals surface area (Å²) >= 11 is 1.45. The number of carboxylic acid groups (broad SMARTS) is 1. The van der Waals surface area contributed by atoms with E-state index in [1.54, 1.807) is 6.07 Å². The van der Waals surface area contributed by atoms with Gasteiger partial charge < -0.3 is 10.4 Å². The van der Waals surface area contributed by atoms with Crippen molar-refractivity contribution in [3.05, 3.63) is 21.9 Å². The normalized spacial score (nSPS) is 12.4. The highest BCUT2D eigenvalue weighted by molar-refractivity contribution is 7.14. The molecule has 1 rings (SSSR count). The molecule has 0 aliphatic carbocycles. The molecular formula is C13H19NO3S. The third-order valence-corrected chi connectivity index (χ3v) is 3.98. The van der Waals surface area contributed by atoms with Gasteiger partial charge in [0.15, 0.2) is 0 Å². The molecule has 0 aliphatic rings. The second-order valence-corrected chi connectivity index (χ2v) is 5.71. The van der Waals surface area contributed by atoms with E-state index in [0.717, 1.165) is 11.3 Å². The van der Waals surface area contributed by atoms with E-state index in [9.17, 15) is 9.59 Å². The van der Waals surface area contributed by atoms with Gasteiger partial charge in [-0.2, -0.15) is 0 Å². The molecule has 1 aromatic rings. The zero-order valence-electron chi connectivity index (χ0n) is 10.9. The highest BCUT2D eigenvalue weighted by Crippen LogP contribution is 2.17. The van der Waals surface area contributed by atoms with Crippen LogP contribution in [0.15, 0.2) is 12.1 Å². The molecule has 0 aromatic carbocycles. The maximum absolute atomic E-state index is 12.0. The van der Waals surface area contributed by atoms with E-state index in [-0.39, 0.29) is 24.3 Å². The zero-order chi connectivity index (χ0) is 13.7. The largest absolute Gasteiger partial charge is 0.481 e. The van der Waals surface area contributed by atoms with Gasteiger partial charge in [-0.25, -0.2) is 0 Å². The lowest BCUT2D eigenvalue weighted by atomic mass is 10.0. The number of aliphatic carboxylic acids is 1. The first-order valence-electron chi connectivity index (χ1n) is 6.05. The first-order chi connectivity index (χ1) is 8.43.